The average Bonchev–Trinajstić information content (AvgIpc) is 2.73. The fraction of sp³-hybridized carbons (Fsp3) is 0.250. The Morgan fingerprint density at radius 1 is 1.50 bits per heavy atom. The molecule has 0 aliphatic carbocycles. The van der Waals surface area contributed by atoms with E-state index in [-0.39, 0.29) is 5.91 Å². The molecule has 3 N–H and O–H groups in total. The summed E-state index contributed by atoms with van der Waals surface area (Å²) in [4.78, 5) is 21.4. The second kappa shape index (κ2) is 5.59. The van der Waals surface area contributed by atoms with Crippen LogP contribution >= 0.6 is 11.3 Å². The van der Waals surface area contributed by atoms with Gasteiger partial charge >= 0.3 is 0 Å². The second-order valence-electron chi connectivity index (χ2n) is 3.67. The van der Waals surface area contributed by atoms with Crippen LogP contribution in [0.15, 0.2) is 24.5 Å². The number of nitrogen functional groups attached to an aromatic ring is 1. The van der Waals surface area contributed by atoms with Crippen LogP contribution in [0.1, 0.15) is 23.0 Å². The fourth-order valence-electron chi connectivity index (χ4n) is 1.53. The van der Waals surface area contributed by atoms with Crippen molar-refractivity contribution in [2.45, 2.75) is 13.3 Å². The number of carbonyl (C=O) groups is 1. The number of nitrogens with one attached hydrogen (secondary N) is 1. The molecule has 0 atom stereocenters. The minimum Gasteiger partial charge on any atom is -0.396 e. The highest BCUT2D eigenvalue weighted by atomic mass is 32.1. The lowest BCUT2D eigenvalue weighted by molar-refractivity contribution is 0.0959. The van der Waals surface area contributed by atoms with Crippen LogP contribution in [-0.4, -0.2) is 22.4 Å². The number of anilines is 1. The Hall–Kier alpha value is -1.95. The summed E-state index contributed by atoms with van der Waals surface area (Å²) in [5, 5.41) is 2.82. The molecule has 2 aromatic heterocycles. The van der Waals surface area contributed by atoms with Crippen molar-refractivity contribution < 1.29 is 4.79 Å². The molecule has 0 saturated carbocycles. The second-order valence-corrected chi connectivity index (χ2v) is 4.67. The zero-order valence-corrected chi connectivity index (χ0v) is 10.8. The van der Waals surface area contributed by atoms with Crippen LogP contribution in [0.2, 0.25) is 0 Å². The maximum Gasteiger partial charge on any atom is 0.263 e. The Labute approximate surface area is 109 Å². The highest BCUT2D eigenvalue weighted by molar-refractivity contribution is 7.21. The van der Waals surface area contributed by atoms with E-state index in [2.05, 4.69) is 15.3 Å². The van der Waals surface area contributed by atoms with Crippen molar-refractivity contribution in [1.82, 2.24) is 15.3 Å². The zero-order chi connectivity index (χ0) is 13.0. The van der Waals surface area contributed by atoms with Crippen LogP contribution in [0.5, 0.6) is 0 Å². The van der Waals surface area contributed by atoms with Crippen molar-refractivity contribution in [2.24, 2.45) is 0 Å². The van der Waals surface area contributed by atoms with Gasteiger partial charge in [0.05, 0.1) is 5.69 Å². The van der Waals surface area contributed by atoms with Crippen molar-refractivity contribution in [1.29, 1.82) is 0 Å². The molecule has 0 unspecified atom stereocenters. The van der Waals surface area contributed by atoms with Gasteiger partial charge in [-0.15, -0.1) is 11.3 Å². The van der Waals surface area contributed by atoms with E-state index in [0.29, 0.717) is 27.5 Å². The van der Waals surface area contributed by atoms with Gasteiger partial charge in [0.25, 0.3) is 5.91 Å². The van der Waals surface area contributed by atoms with Crippen molar-refractivity contribution in [3.8, 4) is 0 Å². The molecule has 2 aromatic rings. The van der Waals surface area contributed by atoms with E-state index in [0.717, 1.165) is 6.42 Å². The van der Waals surface area contributed by atoms with Gasteiger partial charge in [0, 0.05) is 18.9 Å². The van der Waals surface area contributed by atoms with Crippen LogP contribution < -0.4 is 11.1 Å². The quantitative estimate of drug-likeness (QED) is 0.652. The number of fused-ring (bicyclic) bond motifs is 1. The lowest BCUT2D eigenvalue weighted by Gasteiger charge is -2.01. The monoisotopic (exact) mass is 262 g/mol. The van der Waals surface area contributed by atoms with Gasteiger partial charge in [0.15, 0.2) is 0 Å². The van der Waals surface area contributed by atoms with E-state index in [1.54, 1.807) is 12.4 Å². The van der Waals surface area contributed by atoms with Crippen molar-refractivity contribution in [2.75, 3.05) is 12.3 Å². The number of hydrogen-bond acceptors (Lipinski definition) is 5. The van der Waals surface area contributed by atoms with E-state index in [1.807, 2.05) is 19.1 Å². The van der Waals surface area contributed by atoms with Gasteiger partial charge in [-0.25, -0.2) is 9.97 Å². The molecular formula is C12H14N4OS. The Morgan fingerprint density at radius 3 is 3.00 bits per heavy atom. The first kappa shape index (κ1) is 12.5. The van der Waals surface area contributed by atoms with Gasteiger partial charge in [0.2, 0.25) is 0 Å². The SMILES string of the molecule is C/C=C/CCNC(=O)c1sc2nccnc2c1N. The number of allylic oxidation sites excluding steroid dienone is 1. The van der Waals surface area contributed by atoms with Gasteiger partial charge in [-0.3, -0.25) is 4.79 Å². The summed E-state index contributed by atoms with van der Waals surface area (Å²) in [6.45, 7) is 2.54. The van der Waals surface area contributed by atoms with Gasteiger partial charge in [-0.1, -0.05) is 12.2 Å². The summed E-state index contributed by atoms with van der Waals surface area (Å²) in [5.74, 6) is -0.165. The number of amides is 1. The number of aromatic nitrogens is 2. The molecule has 0 spiro atoms. The van der Waals surface area contributed by atoms with Crippen molar-refractivity contribution in [3.05, 3.63) is 29.4 Å². The molecule has 6 heteroatoms. The number of nitrogens with zero attached hydrogens (tertiary/aromatic N) is 2. The molecule has 0 bridgehead atoms. The number of rotatable bonds is 4. The van der Waals surface area contributed by atoms with E-state index < -0.39 is 0 Å². The third-order valence-corrected chi connectivity index (χ3v) is 3.50. The Bertz CT molecular complexity index is 591. The number of thiophene rings is 1. The summed E-state index contributed by atoms with van der Waals surface area (Å²) in [6, 6.07) is 0. The van der Waals surface area contributed by atoms with Gasteiger partial charge < -0.3 is 11.1 Å². The van der Waals surface area contributed by atoms with Crippen LogP contribution in [0, 0.1) is 0 Å². The normalized spacial score (nSPS) is 11.2. The third kappa shape index (κ3) is 2.48. The van der Waals surface area contributed by atoms with Gasteiger partial charge in [0.1, 0.15) is 15.2 Å². The third-order valence-electron chi connectivity index (χ3n) is 2.40. The Balaban J connectivity index is 2.15. The summed E-state index contributed by atoms with van der Waals surface area (Å²) in [7, 11) is 0. The lowest BCUT2D eigenvalue weighted by atomic mass is 10.3. The molecule has 0 saturated heterocycles. The molecule has 2 rings (SSSR count). The summed E-state index contributed by atoms with van der Waals surface area (Å²) in [5.41, 5.74) is 6.91. The molecule has 0 aromatic carbocycles. The molecule has 5 nitrogen and oxygen atoms in total. The first-order chi connectivity index (χ1) is 8.74. The number of hydrogen-bond donors (Lipinski definition) is 2. The molecule has 2 heterocycles. The van der Waals surface area contributed by atoms with E-state index in [4.69, 9.17) is 5.73 Å². The fourth-order valence-corrected chi connectivity index (χ4v) is 2.47. The predicted molar refractivity (Wildman–Crippen MR) is 73.6 cm³/mol. The van der Waals surface area contributed by atoms with Gasteiger partial charge in [-0.05, 0) is 13.3 Å². The minimum atomic E-state index is -0.165. The molecule has 94 valence electrons. The summed E-state index contributed by atoms with van der Waals surface area (Å²) < 4.78 is 0. The van der Waals surface area contributed by atoms with Gasteiger partial charge in [-0.2, -0.15) is 0 Å². The summed E-state index contributed by atoms with van der Waals surface area (Å²) in [6.07, 6.45) is 7.92. The maximum atomic E-state index is 11.9. The molecule has 1 amide bonds. The maximum absolute atomic E-state index is 11.9. The smallest absolute Gasteiger partial charge is 0.263 e. The standard InChI is InChI=1S/C12H14N4OS/c1-2-3-4-5-15-11(17)10-8(13)9-12(18-10)16-7-6-14-9/h2-3,6-7H,4-5,13H2,1H3,(H,15,17)/b3-2+. The van der Waals surface area contributed by atoms with E-state index in [9.17, 15) is 4.79 Å². The highest BCUT2D eigenvalue weighted by Crippen LogP contribution is 2.30. The van der Waals surface area contributed by atoms with Crippen LogP contribution in [0.25, 0.3) is 10.3 Å². The minimum absolute atomic E-state index is 0.165. The Morgan fingerprint density at radius 2 is 2.28 bits per heavy atom. The summed E-state index contributed by atoms with van der Waals surface area (Å²) >= 11 is 1.27. The molecule has 0 aliphatic rings. The first-order valence-corrected chi connectivity index (χ1v) is 6.44. The first-order valence-electron chi connectivity index (χ1n) is 5.62. The van der Waals surface area contributed by atoms with Crippen molar-refractivity contribution >= 4 is 33.3 Å². The number of nitrogens with two attached hydrogens (primary N) is 1. The van der Waals surface area contributed by atoms with Crippen molar-refractivity contribution in [3.63, 3.8) is 0 Å². The molecular weight excluding hydrogens is 248 g/mol. The van der Waals surface area contributed by atoms with Crippen LogP contribution in [0.3, 0.4) is 0 Å². The van der Waals surface area contributed by atoms with E-state index >= 15 is 0 Å². The Kier molecular flexibility index (Phi) is 3.88. The molecule has 18 heavy (non-hydrogen) atoms. The number of carbonyl (C=O) groups excluding carboxylic acids is 1. The van der Waals surface area contributed by atoms with Crippen LogP contribution in [0.4, 0.5) is 5.69 Å². The largest absolute Gasteiger partial charge is 0.396 e. The zero-order valence-electron chi connectivity index (χ0n) is 10.0. The molecule has 0 fully saturated rings. The lowest BCUT2D eigenvalue weighted by Crippen LogP contribution is -2.23. The topological polar surface area (TPSA) is 80.9 Å². The predicted octanol–water partition coefficient (Wildman–Crippen LogP) is 1.97. The molecule has 0 aliphatic heterocycles. The average molecular weight is 262 g/mol. The highest BCUT2D eigenvalue weighted by Gasteiger charge is 2.17. The van der Waals surface area contributed by atoms with E-state index in [1.165, 1.54) is 11.3 Å². The molecule has 0 radical (unpaired) electrons. The van der Waals surface area contributed by atoms with Crippen LogP contribution in [-0.2, 0) is 0 Å².